The second-order valence-electron chi connectivity index (χ2n) is 5.51. The second kappa shape index (κ2) is 5.78. The van der Waals surface area contributed by atoms with E-state index in [1.54, 1.807) is 11.8 Å². The Morgan fingerprint density at radius 1 is 1.37 bits per heavy atom. The molecule has 0 bridgehead atoms. The number of benzene rings is 1. The number of thioether (sulfide) groups is 1. The van der Waals surface area contributed by atoms with Crippen molar-refractivity contribution < 1.29 is 4.79 Å². The summed E-state index contributed by atoms with van der Waals surface area (Å²) in [7, 11) is 0. The van der Waals surface area contributed by atoms with Crippen molar-refractivity contribution in [2.24, 2.45) is 4.99 Å². The van der Waals surface area contributed by atoms with Crippen LogP contribution in [0, 0.1) is 6.92 Å². The van der Waals surface area contributed by atoms with Gasteiger partial charge in [-0.15, -0.1) is 0 Å². The molecule has 19 heavy (non-hydrogen) atoms. The van der Waals surface area contributed by atoms with E-state index in [0.29, 0.717) is 6.42 Å². The molecule has 0 spiro atoms. The minimum Gasteiger partial charge on any atom is -0.305 e. The van der Waals surface area contributed by atoms with Gasteiger partial charge < -0.3 is 5.32 Å². The summed E-state index contributed by atoms with van der Waals surface area (Å²) in [6.07, 6.45) is 0.468. The van der Waals surface area contributed by atoms with Gasteiger partial charge in [-0.2, -0.15) is 0 Å². The van der Waals surface area contributed by atoms with E-state index >= 15 is 0 Å². The zero-order chi connectivity index (χ0) is 13.9. The summed E-state index contributed by atoms with van der Waals surface area (Å²) < 4.78 is 0. The van der Waals surface area contributed by atoms with Gasteiger partial charge in [-0.1, -0.05) is 55.4 Å². The monoisotopic (exact) mass is 276 g/mol. The van der Waals surface area contributed by atoms with Crippen molar-refractivity contribution in [2.75, 3.05) is 12.3 Å². The quantitative estimate of drug-likeness (QED) is 0.922. The highest BCUT2D eigenvalue weighted by atomic mass is 32.2. The van der Waals surface area contributed by atoms with E-state index in [1.165, 1.54) is 11.1 Å². The average Bonchev–Trinajstić information content (AvgIpc) is 2.81. The van der Waals surface area contributed by atoms with Crippen molar-refractivity contribution in [2.45, 2.75) is 32.6 Å². The highest BCUT2D eigenvalue weighted by Crippen LogP contribution is 2.27. The third-order valence-electron chi connectivity index (χ3n) is 3.27. The molecule has 0 saturated carbocycles. The van der Waals surface area contributed by atoms with Crippen LogP contribution in [-0.2, 0) is 10.2 Å². The SMILES string of the molecule is Cc1ccc(C(C)(C)CC(=O)NC2=NCCS2)cc1. The predicted molar refractivity (Wildman–Crippen MR) is 81.7 cm³/mol. The number of nitrogens with one attached hydrogen (secondary N) is 1. The van der Waals surface area contributed by atoms with Crippen molar-refractivity contribution in [3.8, 4) is 0 Å². The molecule has 0 atom stereocenters. The second-order valence-corrected chi connectivity index (χ2v) is 6.59. The van der Waals surface area contributed by atoms with Gasteiger partial charge in [0.2, 0.25) is 5.91 Å². The highest BCUT2D eigenvalue weighted by molar-refractivity contribution is 8.14. The Kier molecular flexibility index (Phi) is 4.30. The van der Waals surface area contributed by atoms with Crippen LogP contribution in [0.25, 0.3) is 0 Å². The number of amidine groups is 1. The molecule has 2 rings (SSSR count). The lowest BCUT2D eigenvalue weighted by Crippen LogP contribution is -2.33. The molecule has 0 aliphatic carbocycles. The number of rotatable bonds is 3. The van der Waals surface area contributed by atoms with E-state index in [1.807, 2.05) is 0 Å². The largest absolute Gasteiger partial charge is 0.305 e. The van der Waals surface area contributed by atoms with Crippen LogP contribution in [0.5, 0.6) is 0 Å². The molecule has 3 nitrogen and oxygen atoms in total. The molecule has 1 aromatic rings. The normalized spacial score (nSPS) is 15.2. The maximum absolute atomic E-state index is 12.0. The molecule has 0 fully saturated rings. The van der Waals surface area contributed by atoms with Crippen molar-refractivity contribution >= 4 is 22.8 Å². The summed E-state index contributed by atoms with van der Waals surface area (Å²) in [6, 6.07) is 8.38. The van der Waals surface area contributed by atoms with Gasteiger partial charge in [-0.05, 0) is 17.9 Å². The van der Waals surface area contributed by atoms with E-state index in [-0.39, 0.29) is 11.3 Å². The molecular weight excluding hydrogens is 256 g/mol. The summed E-state index contributed by atoms with van der Waals surface area (Å²) in [5, 5.41) is 3.66. The van der Waals surface area contributed by atoms with Crippen molar-refractivity contribution in [3.05, 3.63) is 35.4 Å². The zero-order valence-corrected chi connectivity index (χ0v) is 12.5. The molecule has 1 aromatic carbocycles. The van der Waals surface area contributed by atoms with Crippen molar-refractivity contribution in [1.82, 2.24) is 5.32 Å². The van der Waals surface area contributed by atoms with Crippen LogP contribution in [0.1, 0.15) is 31.4 Å². The minimum absolute atomic E-state index is 0.0405. The van der Waals surface area contributed by atoms with E-state index < -0.39 is 0 Å². The fourth-order valence-corrected chi connectivity index (χ4v) is 2.83. The smallest absolute Gasteiger partial charge is 0.226 e. The number of amides is 1. The maximum Gasteiger partial charge on any atom is 0.226 e. The van der Waals surface area contributed by atoms with Gasteiger partial charge in [0.05, 0.1) is 6.54 Å². The Hall–Kier alpha value is -1.29. The number of carbonyl (C=O) groups excluding carboxylic acids is 1. The van der Waals surface area contributed by atoms with Crippen LogP contribution in [0.15, 0.2) is 29.3 Å². The molecule has 0 aromatic heterocycles. The lowest BCUT2D eigenvalue weighted by molar-refractivity contribution is -0.120. The Labute approximate surface area is 118 Å². The molecule has 0 unspecified atom stereocenters. The first-order chi connectivity index (χ1) is 8.97. The van der Waals surface area contributed by atoms with Crippen LogP contribution in [-0.4, -0.2) is 23.4 Å². The van der Waals surface area contributed by atoms with Crippen LogP contribution in [0.2, 0.25) is 0 Å². The molecule has 0 radical (unpaired) electrons. The topological polar surface area (TPSA) is 41.5 Å². The van der Waals surface area contributed by atoms with E-state index in [4.69, 9.17) is 0 Å². The van der Waals surface area contributed by atoms with Gasteiger partial charge in [0, 0.05) is 12.2 Å². The number of hydrogen-bond donors (Lipinski definition) is 1. The van der Waals surface area contributed by atoms with Crippen molar-refractivity contribution in [3.63, 3.8) is 0 Å². The van der Waals surface area contributed by atoms with Crippen molar-refractivity contribution in [1.29, 1.82) is 0 Å². The van der Waals surface area contributed by atoms with Gasteiger partial charge in [-0.3, -0.25) is 9.79 Å². The molecule has 4 heteroatoms. The molecule has 1 aliphatic rings. The molecule has 1 N–H and O–H groups in total. The molecule has 1 amide bonds. The predicted octanol–water partition coefficient (Wildman–Crippen LogP) is 2.88. The van der Waals surface area contributed by atoms with Gasteiger partial charge >= 0.3 is 0 Å². The summed E-state index contributed by atoms with van der Waals surface area (Å²) >= 11 is 1.61. The number of nitrogens with zero attached hydrogens (tertiary/aromatic N) is 1. The maximum atomic E-state index is 12.0. The Balaban J connectivity index is 1.99. The Morgan fingerprint density at radius 2 is 2.05 bits per heavy atom. The fourth-order valence-electron chi connectivity index (χ4n) is 2.08. The van der Waals surface area contributed by atoms with E-state index in [0.717, 1.165) is 17.5 Å². The summed E-state index contributed by atoms with van der Waals surface area (Å²) in [6.45, 7) is 7.07. The van der Waals surface area contributed by atoms with Crippen LogP contribution >= 0.6 is 11.8 Å². The van der Waals surface area contributed by atoms with Gasteiger partial charge in [0.15, 0.2) is 5.17 Å². The Bertz CT molecular complexity index is 491. The van der Waals surface area contributed by atoms with E-state index in [9.17, 15) is 4.79 Å². The first-order valence-corrected chi connectivity index (χ1v) is 7.50. The van der Waals surface area contributed by atoms with Gasteiger partial charge in [0.25, 0.3) is 0 Å². The van der Waals surface area contributed by atoms with Crippen LogP contribution in [0.4, 0.5) is 0 Å². The van der Waals surface area contributed by atoms with Gasteiger partial charge in [-0.25, -0.2) is 0 Å². The first-order valence-electron chi connectivity index (χ1n) is 6.52. The molecule has 102 valence electrons. The summed E-state index contributed by atoms with van der Waals surface area (Å²) in [5.41, 5.74) is 2.26. The first kappa shape index (κ1) is 14.1. The van der Waals surface area contributed by atoms with Crippen LogP contribution < -0.4 is 5.32 Å². The van der Waals surface area contributed by atoms with Crippen LogP contribution in [0.3, 0.4) is 0 Å². The summed E-state index contributed by atoms with van der Waals surface area (Å²) in [5.74, 6) is 1.01. The molecule has 1 heterocycles. The average molecular weight is 276 g/mol. The standard InChI is InChI=1S/C15H20N2OS/c1-11-4-6-12(7-5-11)15(2,3)10-13(18)17-14-16-8-9-19-14/h4-7H,8-10H2,1-3H3,(H,16,17,18). The zero-order valence-electron chi connectivity index (χ0n) is 11.7. The highest BCUT2D eigenvalue weighted by Gasteiger charge is 2.25. The lowest BCUT2D eigenvalue weighted by Gasteiger charge is -2.24. The minimum atomic E-state index is -0.165. The number of hydrogen-bond acceptors (Lipinski definition) is 3. The molecule has 0 saturated heterocycles. The lowest BCUT2D eigenvalue weighted by atomic mass is 9.81. The Morgan fingerprint density at radius 3 is 2.63 bits per heavy atom. The molecular formula is C15H20N2OS. The van der Waals surface area contributed by atoms with E-state index in [2.05, 4.69) is 55.3 Å². The fraction of sp³-hybridized carbons (Fsp3) is 0.467. The number of carbonyl (C=O) groups is 1. The molecule has 1 aliphatic heterocycles. The number of aliphatic imine (C=N–C) groups is 1. The summed E-state index contributed by atoms with van der Waals surface area (Å²) in [4.78, 5) is 16.3. The third-order valence-corrected chi connectivity index (χ3v) is 4.16. The number of aryl methyl sites for hydroxylation is 1. The van der Waals surface area contributed by atoms with Gasteiger partial charge in [0.1, 0.15) is 0 Å². The third kappa shape index (κ3) is 3.83.